The average Bonchev–Trinajstić information content (AvgIpc) is 2.13. The van der Waals surface area contributed by atoms with E-state index in [1.165, 1.54) is 17.8 Å². The van der Waals surface area contributed by atoms with Crippen LogP contribution in [0.15, 0.2) is 18.2 Å². The second-order valence-corrected chi connectivity index (χ2v) is 6.25. The number of benzene rings is 1. The number of carbonyl (C=O) groups is 1. The summed E-state index contributed by atoms with van der Waals surface area (Å²) in [6.45, 7) is 5.93. The Hall–Kier alpha value is -0.900. The minimum atomic E-state index is -0.792. The molecule has 1 nitrogen and oxygen atoms in total. The summed E-state index contributed by atoms with van der Waals surface area (Å²) in [7, 11) is 0. The third kappa shape index (κ3) is 3.93. The van der Waals surface area contributed by atoms with Crippen molar-refractivity contribution in [3.8, 4) is 0 Å². The Labute approximate surface area is 98.2 Å². The van der Waals surface area contributed by atoms with Gasteiger partial charge in [-0.25, -0.2) is 8.78 Å². The number of carbonyl (C=O) groups excluding carboxylic acids is 1. The van der Waals surface area contributed by atoms with E-state index in [9.17, 15) is 13.6 Å². The molecule has 0 saturated carbocycles. The fourth-order valence-electron chi connectivity index (χ4n) is 1.08. The van der Waals surface area contributed by atoms with Crippen LogP contribution in [0.4, 0.5) is 8.78 Å². The first-order valence-corrected chi connectivity index (χ1v) is 5.90. The molecule has 0 radical (unpaired) electrons. The maximum absolute atomic E-state index is 13.3. The first-order chi connectivity index (χ1) is 7.29. The first-order valence-electron chi connectivity index (χ1n) is 4.92. The molecular weight excluding hydrogens is 230 g/mol. The SMILES string of the molecule is CC(C)(C)SCC(=O)c1ccc(F)cc1F. The molecule has 0 aliphatic carbocycles. The number of Topliss-reactive ketones (excluding diaryl/α,β-unsaturated/α-hetero) is 1. The lowest BCUT2D eigenvalue weighted by molar-refractivity contribution is 0.101. The molecular formula is C12H14F2OS. The van der Waals surface area contributed by atoms with Gasteiger partial charge in [-0.3, -0.25) is 4.79 Å². The molecule has 0 unspecified atom stereocenters. The summed E-state index contributed by atoms with van der Waals surface area (Å²) in [5.74, 6) is -1.57. The Morgan fingerprint density at radius 1 is 1.31 bits per heavy atom. The van der Waals surface area contributed by atoms with Crippen molar-refractivity contribution >= 4 is 17.5 Å². The van der Waals surface area contributed by atoms with Gasteiger partial charge in [-0.1, -0.05) is 20.8 Å². The van der Waals surface area contributed by atoms with Crippen LogP contribution in [0.3, 0.4) is 0 Å². The molecule has 1 rings (SSSR count). The number of hydrogen-bond acceptors (Lipinski definition) is 2. The fraction of sp³-hybridized carbons (Fsp3) is 0.417. The molecule has 1 aromatic carbocycles. The topological polar surface area (TPSA) is 17.1 Å². The van der Waals surface area contributed by atoms with Crippen molar-refractivity contribution in [2.45, 2.75) is 25.5 Å². The number of thioether (sulfide) groups is 1. The molecule has 16 heavy (non-hydrogen) atoms. The fourth-order valence-corrected chi connectivity index (χ4v) is 1.80. The van der Waals surface area contributed by atoms with Crippen molar-refractivity contribution < 1.29 is 13.6 Å². The van der Waals surface area contributed by atoms with Crippen molar-refractivity contribution in [2.24, 2.45) is 0 Å². The van der Waals surface area contributed by atoms with Gasteiger partial charge in [0.05, 0.1) is 11.3 Å². The van der Waals surface area contributed by atoms with Crippen molar-refractivity contribution in [3.05, 3.63) is 35.4 Å². The third-order valence-electron chi connectivity index (χ3n) is 1.87. The largest absolute Gasteiger partial charge is 0.293 e. The zero-order valence-corrected chi connectivity index (χ0v) is 10.3. The lowest BCUT2D eigenvalue weighted by atomic mass is 10.1. The zero-order valence-electron chi connectivity index (χ0n) is 9.51. The normalized spacial score (nSPS) is 11.6. The summed E-state index contributed by atoms with van der Waals surface area (Å²) in [5, 5.41) is 0. The minimum Gasteiger partial charge on any atom is -0.293 e. The molecule has 0 aliphatic heterocycles. The molecule has 0 atom stereocenters. The summed E-state index contributed by atoms with van der Waals surface area (Å²) < 4.78 is 25.8. The molecule has 0 amide bonds. The van der Waals surface area contributed by atoms with Gasteiger partial charge in [-0.15, -0.1) is 11.8 Å². The molecule has 88 valence electrons. The molecule has 0 fully saturated rings. The lowest BCUT2D eigenvalue weighted by Crippen LogP contribution is -2.14. The summed E-state index contributed by atoms with van der Waals surface area (Å²) >= 11 is 1.44. The van der Waals surface area contributed by atoms with Crippen LogP contribution in [0.1, 0.15) is 31.1 Å². The summed E-state index contributed by atoms with van der Waals surface area (Å²) in [6, 6.07) is 3.02. The van der Waals surface area contributed by atoms with E-state index in [1.807, 2.05) is 20.8 Å². The minimum absolute atomic E-state index is 0.0434. The van der Waals surface area contributed by atoms with Crippen molar-refractivity contribution in [1.82, 2.24) is 0 Å². The molecule has 0 N–H and O–H groups in total. The maximum Gasteiger partial charge on any atom is 0.175 e. The van der Waals surface area contributed by atoms with Crippen LogP contribution in [0.5, 0.6) is 0 Å². The highest BCUT2D eigenvalue weighted by Gasteiger charge is 2.17. The predicted octanol–water partition coefficient (Wildman–Crippen LogP) is 3.68. The van der Waals surface area contributed by atoms with E-state index in [4.69, 9.17) is 0 Å². The van der Waals surface area contributed by atoms with E-state index in [0.717, 1.165) is 12.1 Å². The van der Waals surface area contributed by atoms with Crippen LogP contribution in [0.2, 0.25) is 0 Å². The van der Waals surface area contributed by atoms with Crippen LogP contribution in [-0.2, 0) is 0 Å². The van der Waals surface area contributed by atoms with Gasteiger partial charge in [0.1, 0.15) is 11.6 Å². The summed E-state index contributed by atoms with van der Waals surface area (Å²) in [4.78, 5) is 11.6. The van der Waals surface area contributed by atoms with Crippen molar-refractivity contribution in [1.29, 1.82) is 0 Å². The van der Waals surface area contributed by atoms with Gasteiger partial charge in [0, 0.05) is 10.8 Å². The molecule has 0 spiro atoms. The number of ketones is 1. The van der Waals surface area contributed by atoms with E-state index in [1.54, 1.807) is 0 Å². The Balaban J connectivity index is 2.74. The van der Waals surface area contributed by atoms with Crippen molar-refractivity contribution in [2.75, 3.05) is 5.75 Å². The van der Waals surface area contributed by atoms with Gasteiger partial charge in [-0.2, -0.15) is 0 Å². The molecule has 4 heteroatoms. The van der Waals surface area contributed by atoms with Crippen LogP contribution in [0.25, 0.3) is 0 Å². The highest BCUT2D eigenvalue weighted by Crippen LogP contribution is 2.24. The van der Waals surface area contributed by atoms with Crippen LogP contribution in [-0.4, -0.2) is 16.3 Å². The van der Waals surface area contributed by atoms with Crippen molar-refractivity contribution in [3.63, 3.8) is 0 Å². The third-order valence-corrected chi connectivity index (χ3v) is 3.14. The van der Waals surface area contributed by atoms with E-state index in [0.29, 0.717) is 0 Å². The van der Waals surface area contributed by atoms with Crippen LogP contribution in [0, 0.1) is 11.6 Å². The summed E-state index contributed by atoms with van der Waals surface area (Å²) in [6.07, 6.45) is 0. The number of halogens is 2. The first kappa shape index (κ1) is 13.2. The highest BCUT2D eigenvalue weighted by atomic mass is 32.2. The molecule has 0 heterocycles. The lowest BCUT2D eigenvalue weighted by Gasteiger charge is -2.16. The molecule has 0 bridgehead atoms. The second-order valence-electron chi connectivity index (χ2n) is 4.45. The number of rotatable bonds is 3. The predicted molar refractivity (Wildman–Crippen MR) is 62.9 cm³/mol. The standard InChI is InChI=1S/C12H14F2OS/c1-12(2,3)16-7-11(15)9-5-4-8(13)6-10(9)14/h4-6H,7H2,1-3H3. The van der Waals surface area contributed by atoms with Crippen LogP contribution < -0.4 is 0 Å². The maximum atomic E-state index is 13.3. The average molecular weight is 244 g/mol. The van der Waals surface area contributed by atoms with Gasteiger partial charge < -0.3 is 0 Å². The molecule has 0 saturated heterocycles. The van der Waals surface area contributed by atoms with E-state index < -0.39 is 11.6 Å². The van der Waals surface area contributed by atoms with Gasteiger partial charge >= 0.3 is 0 Å². The summed E-state index contributed by atoms with van der Waals surface area (Å²) in [5.41, 5.74) is -0.0434. The highest BCUT2D eigenvalue weighted by molar-refractivity contribution is 8.01. The van der Waals surface area contributed by atoms with Gasteiger partial charge in [0.15, 0.2) is 5.78 Å². The smallest absolute Gasteiger partial charge is 0.175 e. The van der Waals surface area contributed by atoms with E-state index >= 15 is 0 Å². The Kier molecular flexibility index (Phi) is 4.08. The van der Waals surface area contributed by atoms with Gasteiger partial charge in [0.2, 0.25) is 0 Å². The van der Waals surface area contributed by atoms with Crippen LogP contribution >= 0.6 is 11.8 Å². The Bertz CT molecular complexity index is 396. The second kappa shape index (κ2) is 4.95. The van der Waals surface area contributed by atoms with E-state index in [-0.39, 0.29) is 21.8 Å². The molecule has 0 aliphatic rings. The quantitative estimate of drug-likeness (QED) is 0.754. The number of hydrogen-bond donors (Lipinski definition) is 0. The van der Waals surface area contributed by atoms with Gasteiger partial charge in [-0.05, 0) is 12.1 Å². The Morgan fingerprint density at radius 2 is 1.94 bits per heavy atom. The molecule has 0 aromatic heterocycles. The monoisotopic (exact) mass is 244 g/mol. The zero-order chi connectivity index (χ0) is 12.3. The van der Waals surface area contributed by atoms with E-state index in [2.05, 4.69) is 0 Å². The Morgan fingerprint density at radius 3 is 2.44 bits per heavy atom. The van der Waals surface area contributed by atoms with Gasteiger partial charge in [0.25, 0.3) is 0 Å². The molecule has 1 aromatic rings.